The van der Waals surface area contributed by atoms with Gasteiger partial charge in [0.05, 0.1) is 25.3 Å². The maximum Gasteiger partial charge on any atom is 0.208 e. The van der Waals surface area contributed by atoms with Gasteiger partial charge in [0.25, 0.3) is 0 Å². The average molecular weight is 525 g/mol. The molecule has 6 heterocycles. The predicted octanol–water partition coefficient (Wildman–Crippen LogP) is 9.16. The van der Waals surface area contributed by atoms with E-state index in [1.165, 1.54) is 33.0 Å². The summed E-state index contributed by atoms with van der Waals surface area (Å²) < 4.78 is 24.2. The molecule has 0 aromatic carbocycles. The summed E-state index contributed by atoms with van der Waals surface area (Å²) in [6, 6.07) is 0. The minimum Gasteiger partial charge on any atom is -0.451 e. The van der Waals surface area contributed by atoms with Crippen molar-refractivity contribution in [1.29, 1.82) is 0 Å². The summed E-state index contributed by atoms with van der Waals surface area (Å²) in [6.07, 6.45) is 3.54. The Kier molecular flexibility index (Phi) is 4.73. The van der Waals surface area contributed by atoms with Gasteiger partial charge in [0.2, 0.25) is 9.46 Å². The number of thioether (sulfide) groups is 4. The van der Waals surface area contributed by atoms with Crippen molar-refractivity contribution in [3.63, 3.8) is 0 Å². The van der Waals surface area contributed by atoms with Crippen LogP contribution in [0.1, 0.15) is 0 Å². The molecule has 0 aliphatic carbocycles. The first-order chi connectivity index (χ1) is 12.8. The Hall–Kier alpha value is 0.500. The van der Waals surface area contributed by atoms with Crippen molar-refractivity contribution in [1.82, 2.24) is 0 Å². The first kappa shape index (κ1) is 17.4. The van der Waals surface area contributed by atoms with E-state index in [-0.39, 0.29) is 0 Å². The van der Waals surface area contributed by atoms with Gasteiger partial charge in [-0.15, -0.1) is 45.3 Å². The molecule has 0 saturated heterocycles. The molecule has 2 nitrogen and oxygen atoms in total. The molecule has 6 rings (SSSR count). The van der Waals surface area contributed by atoms with Crippen LogP contribution in [0.2, 0.25) is 0 Å². The van der Waals surface area contributed by atoms with Gasteiger partial charge in [-0.3, -0.25) is 0 Å². The molecule has 0 spiro atoms. The van der Waals surface area contributed by atoms with Gasteiger partial charge >= 0.3 is 0 Å². The molecule has 0 atom stereocenters. The monoisotopic (exact) mass is 524 g/mol. The number of hydrogen-bond donors (Lipinski definition) is 0. The Morgan fingerprint density at radius 1 is 0.538 bits per heavy atom. The van der Waals surface area contributed by atoms with Crippen LogP contribution < -0.4 is 0 Å². The molecule has 0 unspecified atom stereocenters. The molecule has 0 saturated carbocycles. The third kappa shape index (κ3) is 3.06. The topological polar surface area (TPSA) is 26.3 Å². The highest BCUT2D eigenvalue weighted by atomic mass is 32.2. The summed E-state index contributed by atoms with van der Waals surface area (Å²) in [5.41, 5.74) is 0. The molecule has 0 aromatic rings. The highest BCUT2D eigenvalue weighted by molar-refractivity contribution is 8.32. The first-order valence-corrected chi connectivity index (χ1v) is 15.2. The van der Waals surface area contributed by atoms with Gasteiger partial charge in [-0.2, -0.15) is 0 Å². The third-order valence-electron chi connectivity index (χ3n) is 3.13. The molecule has 0 fully saturated rings. The van der Waals surface area contributed by atoms with Crippen molar-refractivity contribution >= 4 is 115 Å². The second-order valence-electron chi connectivity index (χ2n) is 4.71. The molecule has 26 heavy (non-hydrogen) atoms. The maximum absolute atomic E-state index is 5.68. The zero-order valence-electron chi connectivity index (χ0n) is 12.2. The van der Waals surface area contributed by atoms with Crippen LogP contribution in [0.5, 0.6) is 0 Å². The van der Waals surface area contributed by atoms with Crippen LogP contribution in [-0.2, 0) is 0 Å². The predicted molar refractivity (Wildman–Crippen MR) is 121 cm³/mol. The van der Waals surface area contributed by atoms with E-state index in [0.717, 1.165) is 9.46 Å². The Morgan fingerprint density at radius 2 is 0.962 bits per heavy atom. The lowest BCUT2D eigenvalue weighted by molar-refractivity contribution is 0.539. The van der Waals surface area contributed by atoms with Gasteiger partial charge in [0.1, 0.15) is 20.2 Å². The zero-order chi connectivity index (χ0) is 17.1. The lowest BCUT2D eigenvalue weighted by Gasteiger charge is -1.97. The summed E-state index contributed by atoms with van der Waals surface area (Å²) in [6.45, 7) is 0. The van der Waals surface area contributed by atoms with Crippen LogP contribution in [-0.4, -0.2) is 0 Å². The third-order valence-corrected chi connectivity index (χ3v) is 17.0. The fourth-order valence-electron chi connectivity index (χ4n) is 2.11. The van der Waals surface area contributed by atoms with Gasteiger partial charge in [0.15, 0.2) is 0 Å². The Morgan fingerprint density at radius 3 is 1.42 bits per heavy atom. The van der Waals surface area contributed by atoms with Crippen molar-refractivity contribution in [2.75, 3.05) is 0 Å². The zero-order valence-corrected chi connectivity index (χ0v) is 20.4. The molecule has 0 amide bonds. The van der Waals surface area contributed by atoms with Crippen molar-refractivity contribution in [2.24, 2.45) is 0 Å². The number of fused-ring (bicyclic) bond motifs is 2. The second-order valence-corrected chi connectivity index (χ2v) is 16.7. The van der Waals surface area contributed by atoms with Crippen LogP contribution in [0.3, 0.4) is 0 Å². The molecule has 132 valence electrons. The van der Waals surface area contributed by atoms with E-state index in [0.29, 0.717) is 0 Å². The van der Waals surface area contributed by atoms with Crippen LogP contribution in [0.25, 0.3) is 0 Å². The summed E-state index contributed by atoms with van der Waals surface area (Å²) in [5, 5.41) is 4.01. The van der Waals surface area contributed by atoms with Crippen molar-refractivity contribution in [3.05, 3.63) is 48.9 Å². The van der Waals surface area contributed by atoms with Crippen LogP contribution in [0, 0.1) is 17.2 Å². The standard InChI is InChI=1S/C14H4O2S10/c1-3-17-7-5(15-1)19-9-11(21-7)25-13(23-9)14-24-10-12(26-14)22-8-6(20-10)16-2-4-18-8/h1-4H/b14-13-. The number of hydrogen-bond acceptors (Lipinski definition) is 12. The molecule has 0 aromatic heterocycles. The van der Waals surface area contributed by atoms with Crippen molar-refractivity contribution in [3.8, 4) is 0 Å². The summed E-state index contributed by atoms with van der Waals surface area (Å²) >= 11 is 18.3. The van der Waals surface area contributed by atoms with E-state index in [1.54, 1.807) is 57.9 Å². The van der Waals surface area contributed by atoms with Crippen molar-refractivity contribution < 1.29 is 8.83 Å². The highest BCUT2D eigenvalue weighted by Crippen LogP contribution is 2.64. The summed E-state index contributed by atoms with van der Waals surface area (Å²) in [4.78, 5) is 0. The van der Waals surface area contributed by atoms with E-state index < -0.39 is 0 Å². The Labute approximate surface area is 187 Å². The fourth-order valence-corrected chi connectivity index (χ4v) is 16.0. The molecule has 12 heteroatoms. The average Bonchev–Trinajstić information content (AvgIpc) is 3.27. The van der Waals surface area contributed by atoms with Gasteiger partial charge in [-0.05, 0) is 0 Å². The Balaban J connectivity index is 1.41. The van der Waals surface area contributed by atoms with E-state index >= 15 is 0 Å². The fraction of sp³-hybridized carbons (Fsp3) is 0. The second kappa shape index (κ2) is 7.08. The maximum atomic E-state index is 5.68. The smallest absolute Gasteiger partial charge is 0.208 e. The number of rotatable bonds is 0. The van der Waals surface area contributed by atoms with E-state index in [4.69, 9.17) is 8.83 Å². The van der Waals surface area contributed by atoms with Gasteiger partial charge in [-0.1, -0.05) is 69.7 Å². The lowest BCUT2D eigenvalue weighted by Crippen LogP contribution is -1.67. The highest BCUT2D eigenvalue weighted by Gasteiger charge is 2.29. The van der Waals surface area contributed by atoms with Gasteiger partial charge in [0, 0.05) is 10.8 Å². The quantitative estimate of drug-likeness (QED) is 0.227. The molecular weight excluding hydrogens is 521 g/mol. The molecule has 6 aliphatic rings. The van der Waals surface area contributed by atoms with Crippen LogP contribution in [0.15, 0.2) is 57.4 Å². The first-order valence-electron chi connectivity index (χ1n) is 6.94. The lowest BCUT2D eigenvalue weighted by atomic mass is 11.0. The van der Waals surface area contributed by atoms with Crippen molar-refractivity contribution in [2.45, 2.75) is 16.8 Å². The minimum atomic E-state index is 1.02. The van der Waals surface area contributed by atoms with E-state index in [9.17, 15) is 0 Å². The SMILES string of the molecule is c1csc2sc3c(sc=2o1)S/C(=C1\Sc2sc4occsc=4sc2S1)S3. The molecular formula is C14H4O2S10. The molecule has 0 radical (unpaired) electrons. The minimum absolute atomic E-state index is 1.02. The van der Waals surface area contributed by atoms with E-state index in [2.05, 4.69) is 0 Å². The molecule has 0 N–H and O–H groups in total. The Bertz CT molecular complexity index is 1150. The summed E-state index contributed by atoms with van der Waals surface area (Å²) in [7, 11) is 0. The van der Waals surface area contributed by atoms with Gasteiger partial charge in [-0.25, -0.2) is 0 Å². The summed E-state index contributed by atoms with van der Waals surface area (Å²) in [5.74, 6) is 0. The van der Waals surface area contributed by atoms with Crippen LogP contribution >= 0.6 is 115 Å². The van der Waals surface area contributed by atoms with E-state index in [1.807, 2.05) is 80.5 Å². The largest absolute Gasteiger partial charge is 0.451 e. The van der Waals surface area contributed by atoms with Gasteiger partial charge < -0.3 is 8.83 Å². The van der Waals surface area contributed by atoms with Crippen LogP contribution in [0.4, 0.5) is 0 Å². The molecule has 6 aliphatic heterocycles. The molecule has 0 bridgehead atoms. The normalized spacial score (nSPS) is 18.5.